The maximum Gasteiger partial charge on any atom is 0.338 e. The predicted molar refractivity (Wildman–Crippen MR) is 118 cm³/mol. The van der Waals surface area contributed by atoms with Crippen LogP contribution in [0.1, 0.15) is 33.5 Å². The maximum atomic E-state index is 12.7. The first-order valence-electron chi connectivity index (χ1n) is 9.91. The molecule has 0 saturated heterocycles. The van der Waals surface area contributed by atoms with Crippen LogP contribution in [0.15, 0.2) is 72.8 Å². The zero-order chi connectivity index (χ0) is 22.0. The normalized spacial score (nSPS) is 11.8. The van der Waals surface area contributed by atoms with Crippen LogP contribution in [0.3, 0.4) is 0 Å². The highest BCUT2D eigenvalue weighted by Gasteiger charge is 2.21. The van der Waals surface area contributed by atoms with Crippen LogP contribution >= 0.6 is 0 Å². The maximum absolute atomic E-state index is 12.7. The highest BCUT2D eigenvalue weighted by Crippen LogP contribution is 2.23. The van der Waals surface area contributed by atoms with Crippen molar-refractivity contribution in [2.24, 2.45) is 0 Å². The van der Waals surface area contributed by atoms with Gasteiger partial charge < -0.3 is 9.47 Å². The SMILES string of the molecule is COc1ccc(C(=O)[C@@H](C)OC(=O)c2ccc3c(c2)nc(C)n3-c2ccccc2)cc1. The molecule has 0 aliphatic heterocycles. The van der Waals surface area contributed by atoms with Gasteiger partial charge in [0.2, 0.25) is 5.78 Å². The Morgan fingerprint density at radius 2 is 1.61 bits per heavy atom. The lowest BCUT2D eigenvalue weighted by Gasteiger charge is -2.13. The van der Waals surface area contributed by atoms with E-state index in [1.807, 2.05) is 47.9 Å². The fourth-order valence-corrected chi connectivity index (χ4v) is 3.50. The summed E-state index contributed by atoms with van der Waals surface area (Å²) in [7, 11) is 1.56. The monoisotopic (exact) mass is 414 g/mol. The van der Waals surface area contributed by atoms with E-state index in [-0.39, 0.29) is 5.78 Å². The molecule has 0 spiro atoms. The summed E-state index contributed by atoms with van der Waals surface area (Å²) in [6.45, 7) is 3.48. The first-order valence-corrected chi connectivity index (χ1v) is 9.91. The summed E-state index contributed by atoms with van der Waals surface area (Å²) in [4.78, 5) is 29.8. The molecule has 1 heterocycles. The van der Waals surface area contributed by atoms with Crippen LogP contribution in [0.4, 0.5) is 0 Å². The van der Waals surface area contributed by atoms with Crippen LogP contribution in [0.2, 0.25) is 0 Å². The summed E-state index contributed by atoms with van der Waals surface area (Å²) >= 11 is 0. The van der Waals surface area contributed by atoms with Gasteiger partial charge in [0.25, 0.3) is 0 Å². The molecule has 0 N–H and O–H groups in total. The first kappa shape index (κ1) is 20.3. The molecule has 4 rings (SSSR count). The van der Waals surface area contributed by atoms with E-state index in [1.165, 1.54) is 0 Å². The van der Waals surface area contributed by atoms with Crippen molar-refractivity contribution in [3.8, 4) is 11.4 Å². The number of aryl methyl sites for hydroxylation is 1. The molecular weight excluding hydrogens is 392 g/mol. The van der Waals surface area contributed by atoms with E-state index in [1.54, 1.807) is 50.4 Å². The second-order valence-electron chi connectivity index (χ2n) is 7.17. The molecule has 0 aliphatic rings. The summed E-state index contributed by atoms with van der Waals surface area (Å²) in [6, 6.07) is 21.8. The van der Waals surface area contributed by atoms with E-state index in [2.05, 4.69) is 4.98 Å². The van der Waals surface area contributed by atoms with Crippen molar-refractivity contribution >= 4 is 22.8 Å². The summed E-state index contributed by atoms with van der Waals surface area (Å²) in [5, 5.41) is 0. The van der Waals surface area contributed by atoms with E-state index >= 15 is 0 Å². The molecule has 0 aliphatic carbocycles. The predicted octanol–water partition coefficient (Wildman–Crippen LogP) is 4.77. The van der Waals surface area contributed by atoms with Crippen LogP contribution in [-0.2, 0) is 4.74 Å². The number of hydrogen-bond donors (Lipinski definition) is 0. The van der Waals surface area contributed by atoms with Crippen molar-refractivity contribution in [1.29, 1.82) is 0 Å². The average molecular weight is 414 g/mol. The van der Waals surface area contributed by atoms with E-state index in [0.29, 0.717) is 22.4 Å². The molecule has 1 aromatic heterocycles. The minimum absolute atomic E-state index is 0.277. The number of esters is 1. The van der Waals surface area contributed by atoms with Crippen LogP contribution in [0.5, 0.6) is 5.75 Å². The largest absolute Gasteiger partial charge is 0.497 e. The van der Waals surface area contributed by atoms with E-state index in [9.17, 15) is 9.59 Å². The van der Waals surface area contributed by atoms with Crippen molar-refractivity contribution in [2.45, 2.75) is 20.0 Å². The number of ketones is 1. The number of Topliss-reactive ketones (excluding diaryl/α,β-unsaturated/α-hetero) is 1. The zero-order valence-corrected chi connectivity index (χ0v) is 17.5. The molecule has 156 valence electrons. The van der Waals surface area contributed by atoms with Gasteiger partial charge in [0.15, 0.2) is 6.10 Å². The molecule has 0 amide bonds. The molecule has 4 aromatic rings. The Bertz CT molecular complexity index is 1240. The van der Waals surface area contributed by atoms with Gasteiger partial charge in [-0.1, -0.05) is 18.2 Å². The van der Waals surface area contributed by atoms with Gasteiger partial charge in [-0.2, -0.15) is 0 Å². The van der Waals surface area contributed by atoms with Gasteiger partial charge in [-0.3, -0.25) is 9.36 Å². The quantitative estimate of drug-likeness (QED) is 0.336. The number of hydrogen-bond acceptors (Lipinski definition) is 5. The molecule has 0 bridgehead atoms. The van der Waals surface area contributed by atoms with Crippen molar-refractivity contribution in [2.75, 3.05) is 7.11 Å². The van der Waals surface area contributed by atoms with Gasteiger partial charge in [-0.05, 0) is 68.4 Å². The van der Waals surface area contributed by atoms with Gasteiger partial charge in [0.05, 0.1) is 23.7 Å². The molecule has 6 heteroatoms. The highest BCUT2D eigenvalue weighted by molar-refractivity contribution is 6.02. The van der Waals surface area contributed by atoms with Crippen LogP contribution in [0.25, 0.3) is 16.7 Å². The molecule has 31 heavy (non-hydrogen) atoms. The number of imidazole rings is 1. The Balaban J connectivity index is 1.54. The fraction of sp³-hybridized carbons (Fsp3) is 0.160. The van der Waals surface area contributed by atoms with Crippen molar-refractivity contribution in [1.82, 2.24) is 9.55 Å². The van der Waals surface area contributed by atoms with E-state index in [4.69, 9.17) is 9.47 Å². The fourth-order valence-electron chi connectivity index (χ4n) is 3.50. The number of fused-ring (bicyclic) bond motifs is 1. The third-order valence-corrected chi connectivity index (χ3v) is 5.10. The summed E-state index contributed by atoms with van der Waals surface area (Å²) < 4.78 is 12.6. The number of rotatable bonds is 6. The minimum atomic E-state index is -0.916. The Kier molecular flexibility index (Phi) is 5.54. The minimum Gasteiger partial charge on any atom is -0.497 e. The molecule has 0 saturated carbocycles. The zero-order valence-electron chi connectivity index (χ0n) is 17.5. The van der Waals surface area contributed by atoms with Gasteiger partial charge >= 0.3 is 5.97 Å². The second-order valence-corrected chi connectivity index (χ2v) is 7.17. The Morgan fingerprint density at radius 3 is 2.29 bits per heavy atom. The second kappa shape index (κ2) is 8.44. The standard InChI is InChI=1S/C25H22N2O4/c1-16(24(28)18-9-12-21(30-3)13-10-18)31-25(29)19-11-14-23-22(15-19)26-17(2)27(23)20-7-5-4-6-8-20/h4-16H,1-3H3/t16-/m1/s1. The first-order chi connectivity index (χ1) is 15.0. The topological polar surface area (TPSA) is 70.4 Å². The van der Waals surface area contributed by atoms with Crippen LogP contribution < -0.4 is 4.74 Å². The number of ether oxygens (including phenoxy) is 2. The summed E-state index contributed by atoms with van der Waals surface area (Å²) in [5.41, 5.74) is 3.37. The number of carbonyl (C=O) groups excluding carboxylic acids is 2. The summed E-state index contributed by atoms with van der Waals surface area (Å²) in [6.07, 6.45) is -0.916. The van der Waals surface area contributed by atoms with Crippen molar-refractivity contribution in [3.63, 3.8) is 0 Å². The van der Waals surface area contributed by atoms with E-state index < -0.39 is 12.1 Å². The van der Waals surface area contributed by atoms with E-state index in [0.717, 1.165) is 17.0 Å². The molecule has 1 atom stereocenters. The lowest BCUT2D eigenvalue weighted by molar-refractivity contribution is 0.0319. The number of nitrogens with zero attached hydrogens (tertiary/aromatic N) is 2. The summed E-state index contributed by atoms with van der Waals surface area (Å²) in [5.74, 6) is 0.624. The Hall–Kier alpha value is -3.93. The highest BCUT2D eigenvalue weighted by atomic mass is 16.5. The van der Waals surface area contributed by atoms with Crippen molar-refractivity contribution < 1.29 is 19.1 Å². The molecular formula is C25H22N2O4. The van der Waals surface area contributed by atoms with Gasteiger partial charge in [0.1, 0.15) is 11.6 Å². The molecule has 0 radical (unpaired) electrons. The van der Waals surface area contributed by atoms with Crippen molar-refractivity contribution in [3.05, 3.63) is 89.7 Å². The molecule has 6 nitrogen and oxygen atoms in total. The molecule has 3 aromatic carbocycles. The van der Waals surface area contributed by atoms with Gasteiger partial charge in [-0.25, -0.2) is 9.78 Å². The number of methoxy groups -OCH3 is 1. The molecule has 0 fully saturated rings. The molecule has 0 unspecified atom stereocenters. The smallest absolute Gasteiger partial charge is 0.338 e. The third kappa shape index (κ3) is 4.05. The third-order valence-electron chi connectivity index (χ3n) is 5.10. The van der Waals surface area contributed by atoms with Gasteiger partial charge in [0, 0.05) is 11.3 Å². The average Bonchev–Trinajstić information content (AvgIpc) is 3.13. The number of para-hydroxylation sites is 1. The number of aromatic nitrogens is 2. The van der Waals surface area contributed by atoms with Crippen LogP contribution in [0, 0.1) is 6.92 Å². The number of benzene rings is 3. The Morgan fingerprint density at radius 1 is 0.935 bits per heavy atom. The van der Waals surface area contributed by atoms with Gasteiger partial charge in [-0.15, -0.1) is 0 Å². The Labute approximate surface area is 180 Å². The van der Waals surface area contributed by atoms with Crippen LogP contribution in [-0.4, -0.2) is 34.5 Å². The lowest BCUT2D eigenvalue weighted by Crippen LogP contribution is -2.24. The lowest BCUT2D eigenvalue weighted by atomic mass is 10.1. The number of carbonyl (C=O) groups is 2.